The Hall–Kier alpha value is -1.96. The normalized spacial score (nSPS) is 17.0. The standard InChI is InChI=1S/C18H21NO/c1-3-14-6-4-5-7-15(14)11-16-12-19-17-9-8-13(2)10-18(17)20-16/h4-10,16,19H,3,11-12H2,1-2H3. The van der Waals surface area contributed by atoms with Crippen molar-refractivity contribution in [3.8, 4) is 5.75 Å². The molecule has 1 aliphatic rings. The summed E-state index contributed by atoms with van der Waals surface area (Å²) in [6.07, 6.45) is 2.24. The lowest BCUT2D eigenvalue weighted by atomic mass is 9.99. The first-order chi connectivity index (χ1) is 9.76. The zero-order valence-corrected chi connectivity index (χ0v) is 12.1. The lowest BCUT2D eigenvalue weighted by Crippen LogP contribution is -2.32. The van der Waals surface area contributed by atoms with Crippen LogP contribution in [0.25, 0.3) is 0 Å². The van der Waals surface area contributed by atoms with E-state index in [1.54, 1.807) is 0 Å². The average Bonchev–Trinajstić information content (AvgIpc) is 2.47. The van der Waals surface area contributed by atoms with Gasteiger partial charge in [0.15, 0.2) is 0 Å². The first-order valence-electron chi connectivity index (χ1n) is 7.34. The van der Waals surface area contributed by atoms with Gasteiger partial charge in [-0.15, -0.1) is 0 Å². The highest BCUT2D eigenvalue weighted by molar-refractivity contribution is 5.59. The Bertz CT molecular complexity index is 606. The molecule has 1 heterocycles. The third-order valence-corrected chi connectivity index (χ3v) is 3.90. The van der Waals surface area contributed by atoms with E-state index in [0.717, 1.165) is 30.8 Å². The predicted octanol–water partition coefficient (Wildman–Crippen LogP) is 3.97. The summed E-state index contributed by atoms with van der Waals surface area (Å²) in [6.45, 7) is 5.17. The molecule has 3 rings (SSSR count). The first kappa shape index (κ1) is 13.0. The molecule has 20 heavy (non-hydrogen) atoms. The lowest BCUT2D eigenvalue weighted by molar-refractivity contribution is 0.206. The van der Waals surface area contributed by atoms with E-state index in [-0.39, 0.29) is 6.10 Å². The van der Waals surface area contributed by atoms with Gasteiger partial charge in [-0.3, -0.25) is 0 Å². The van der Waals surface area contributed by atoms with Crippen molar-refractivity contribution in [1.29, 1.82) is 0 Å². The van der Waals surface area contributed by atoms with Crippen LogP contribution in [-0.2, 0) is 12.8 Å². The highest BCUT2D eigenvalue weighted by atomic mass is 16.5. The smallest absolute Gasteiger partial charge is 0.143 e. The van der Waals surface area contributed by atoms with Crippen molar-refractivity contribution in [3.63, 3.8) is 0 Å². The molecule has 0 aliphatic carbocycles. The minimum Gasteiger partial charge on any atom is -0.486 e. The van der Waals surface area contributed by atoms with Crippen LogP contribution in [0.5, 0.6) is 5.75 Å². The van der Waals surface area contributed by atoms with E-state index in [4.69, 9.17) is 4.74 Å². The van der Waals surface area contributed by atoms with Crippen molar-refractivity contribution < 1.29 is 4.74 Å². The number of fused-ring (bicyclic) bond motifs is 1. The molecular formula is C18H21NO. The second-order valence-electron chi connectivity index (χ2n) is 5.45. The Balaban J connectivity index is 1.77. The molecule has 104 valence electrons. The van der Waals surface area contributed by atoms with Gasteiger partial charge in [0.25, 0.3) is 0 Å². The number of aryl methyl sites for hydroxylation is 2. The monoisotopic (exact) mass is 267 g/mol. The summed E-state index contributed by atoms with van der Waals surface area (Å²) in [5.41, 5.74) is 5.17. The van der Waals surface area contributed by atoms with Gasteiger partial charge in [0.2, 0.25) is 0 Å². The van der Waals surface area contributed by atoms with Crippen LogP contribution in [-0.4, -0.2) is 12.6 Å². The molecule has 0 aromatic heterocycles. The van der Waals surface area contributed by atoms with Gasteiger partial charge in [-0.2, -0.15) is 0 Å². The molecule has 1 N–H and O–H groups in total. The Morgan fingerprint density at radius 3 is 2.75 bits per heavy atom. The van der Waals surface area contributed by atoms with E-state index in [1.807, 2.05) is 0 Å². The highest BCUT2D eigenvalue weighted by Gasteiger charge is 2.20. The molecule has 1 aliphatic heterocycles. The van der Waals surface area contributed by atoms with Crippen LogP contribution in [0.4, 0.5) is 5.69 Å². The molecule has 0 fully saturated rings. The molecule has 2 nitrogen and oxygen atoms in total. The first-order valence-corrected chi connectivity index (χ1v) is 7.34. The van der Waals surface area contributed by atoms with E-state index in [2.05, 4.69) is 61.6 Å². The van der Waals surface area contributed by atoms with Crippen LogP contribution in [0.1, 0.15) is 23.6 Å². The molecule has 0 saturated carbocycles. The molecule has 0 saturated heterocycles. The predicted molar refractivity (Wildman–Crippen MR) is 83.6 cm³/mol. The summed E-state index contributed by atoms with van der Waals surface area (Å²) < 4.78 is 6.15. The molecule has 2 aromatic rings. The van der Waals surface area contributed by atoms with Crippen LogP contribution in [0.2, 0.25) is 0 Å². The minimum atomic E-state index is 0.206. The maximum Gasteiger partial charge on any atom is 0.143 e. The fourth-order valence-electron chi connectivity index (χ4n) is 2.78. The van der Waals surface area contributed by atoms with Gasteiger partial charge in [-0.25, -0.2) is 0 Å². The number of rotatable bonds is 3. The topological polar surface area (TPSA) is 21.3 Å². The summed E-state index contributed by atoms with van der Waals surface area (Å²) >= 11 is 0. The fraction of sp³-hybridized carbons (Fsp3) is 0.333. The largest absolute Gasteiger partial charge is 0.486 e. The zero-order valence-electron chi connectivity index (χ0n) is 12.1. The maximum absolute atomic E-state index is 6.15. The Morgan fingerprint density at radius 1 is 1.15 bits per heavy atom. The van der Waals surface area contributed by atoms with Crippen molar-refractivity contribution in [2.24, 2.45) is 0 Å². The second kappa shape index (κ2) is 5.58. The van der Waals surface area contributed by atoms with Crippen LogP contribution >= 0.6 is 0 Å². The molecule has 0 radical (unpaired) electrons. The molecule has 2 heteroatoms. The molecule has 0 amide bonds. The van der Waals surface area contributed by atoms with Crippen molar-refractivity contribution in [1.82, 2.24) is 0 Å². The second-order valence-corrected chi connectivity index (χ2v) is 5.45. The summed E-state index contributed by atoms with van der Waals surface area (Å²) in [6, 6.07) is 15.0. The zero-order chi connectivity index (χ0) is 13.9. The Kier molecular flexibility index (Phi) is 3.64. The summed E-state index contributed by atoms with van der Waals surface area (Å²) in [4.78, 5) is 0. The molecule has 2 aromatic carbocycles. The van der Waals surface area contributed by atoms with E-state index in [1.165, 1.54) is 16.7 Å². The van der Waals surface area contributed by atoms with Gasteiger partial charge in [-0.1, -0.05) is 37.3 Å². The molecule has 1 atom stereocenters. The number of hydrogen-bond donors (Lipinski definition) is 1. The quantitative estimate of drug-likeness (QED) is 0.908. The van der Waals surface area contributed by atoms with Gasteiger partial charge in [0, 0.05) is 6.42 Å². The molecular weight excluding hydrogens is 246 g/mol. The number of anilines is 1. The van der Waals surface area contributed by atoms with Crippen molar-refractivity contribution in [2.45, 2.75) is 32.8 Å². The highest BCUT2D eigenvalue weighted by Crippen LogP contribution is 2.30. The van der Waals surface area contributed by atoms with Gasteiger partial charge in [0.1, 0.15) is 11.9 Å². The van der Waals surface area contributed by atoms with Gasteiger partial charge in [0.05, 0.1) is 12.2 Å². The number of ether oxygens (including phenoxy) is 1. The minimum absolute atomic E-state index is 0.206. The maximum atomic E-state index is 6.15. The lowest BCUT2D eigenvalue weighted by Gasteiger charge is -2.28. The number of hydrogen-bond acceptors (Lipinski definition) is 2. The van der Waals surface area contributed by atoms with Crippen molar-refractivity contribution >= 4 is 5.69 Å². The Labute approximate surface area is 120 Å². The molecule has 0 spiro atoms. The van der Waals surface area contributed by atoms with Crippen molar-refractivity contribution in [2.75, 3.05) is 11.9 Å². The summed E-state index contributed by atoms with van der Waals surface area (Å²) in [5.74, 6) is 0.982. The third kappa shape index (κ3) is 2.64. The van der Waals surface area contributed by atoms with E-state index >= 15 is 0 Å². The van der Waals surface area contributed by atoms with Gasteiger partial charge in [-0.05, 0) is 42.2 Å². The van der Waals surface area contributed by atoms with Crippen LogP contribution < -0.4 is 10.1 Å². The molecule has 1 unspecified atom stereocenters. The van der Waals surface area contributed by atoms with E-state index in [9.17, 15) is 0 Å². The molecule has 0 bridgehead atoms. The van der Waals surface area contributed by atoms with Crippen LogP contribution in [0, 0.1) is 6.92 Å². The van der Waals surface area contributed by atoms with E-state index < -0.39 is 0 Å². The summed E-state index contributed by atoms with van der Waals surface area (Å²) in [5, 5.41) is 3.47. The van der Waals surface area contributed by atoms with Gasteiger partial charge >= 0.3 is 0 Å². The van der Waals surface area contributed by atoms with E-state index in [0.29, 0.717) is 0 Å². The Morgan fingerprint density at radius 2 is 1.95 bits per heavy atom. The van der Waals surface area contributed by atoms with Crippen LogP contribution in [0.3, 0.4) is 0 Å². The average molecular weight is 267 g/mol. The SMILES string of the molecule is CCc1ccccc1CC1CNc2ccc(C)cc2O1. The van der Waals surface area contributed by atoms with Crippen LogP contribution in [0.15, 0.2) is 42.5 Å². The summed E-state index contributed by atoms with van der Waals surface area (Å²) in [7, 11) is 0. The third-order valence-electron chi connectivity index (χ3n) is 3.90. The van der Waals surface area contributed by atoms with Gasteiger partial charge < -0.3 is 10.1 Å². The number of nitrogens with one attached hydrogen (secondary N) is 1. The number of benzene rings is 2. The fourth-order valence-corrected chi connectivity index (χ4v) is 2.78. The van der Waals surface area contributed by atoms with Crippen molar-refractivity contribution in [3.05, 3.63) is 59.2 Å².